The molecule has 0 fully saturated rings. The topological polar surface area (TPSA) is 101 Å². The fraction of sp³-hybridized carbons (Fsp3) is 0.100. The quantitative estimate of drug-likeness (QED) is 0.571. The first-order chi connectivity index (χ1) is 14.8. The molecule has 3 N–H and O–H groups in total. The Kier molecular flexibility index (Phi) is 5.90. The molecule has 11 heteroatoms. The van der Waals surface area contributed by atoms with Crippen LogP contribution in [0.2, 0.25) is 10.0 Å². The van der Waals surface area contributed by atoms with Crippen LogP contribution in [0.4, 0.5) is 15.2 Å². The number of carbonyl (C=O) groups is 2. The number of hydrogen-bond donors (Lipinski definition) is 2. The van der Waals surface area contributed by atoms with Crippen LogP contribution in [0.25, 0.3) is 11.3 Å². The summed E-state index contributed by atoms with van der Waals surface area (Å²) < 4.78 is 13.2. The largest absolute Gasteiger partial charge is 0.368 e. The van der Waals surface area contributed by atoms with Gasteiger partial charge in [-0.2, -0.15) is 5.10 Å². The number of primary amides is 1. The summed E-state index contributed by atoms with van der Waals surface area (Å²) in [6.07, 6.45) is 0.0137. The number of halogens is 3. The van der Waals surface area contributed by atoms with Crippen LogP contribution < -0.4 is 16.1 Å². The lowest BCUT2D eigenvalue weighted by Crippen LogP contribution is -2.39. The summed E-state index contributed by atoms with van der Waals surface area (Å²) in [4.78, 5) is 29.0. The third-order valence-corrected chi connectivity index (χ3v) is 5.83. The van der Waals surface area contributed by atoms with Crippen molar-refractivity contribution in [2.45, 2.75) is 12.5 Å². The van der Waals surface area contributed by atoms with Crippen molar-refractivity contribution >= 4 is 62.9 Å². The van der Waals surface area contributed by atoms with Crippen molar-refractivity contribution in [1.82, 2.24) is 4.98 Å². The van der Waals surface area contributed by atoms with E-state index >= 15 is 0 Å². The van der Waals surface area contributed by atoms with Gasteiger partial charge in [-0.3, -0.25) is 19.9 Å². The van der Waals surface area contributed by atoms with E-state index in [2.05, 4.69) is 15.4 Å². The highest BCUT2D eigenvalue weighted by Crippen LogP contribution is 2.32. The van der Waals surface area contributed by atoms with Crippen LogP contribution in [0, 0.1) is 5.82 Å². The predicted molar refractivity (Wildman–Crippen MR) is 120 cm³/mol. The summed E-state index contributed by atoms with van der Waals surface area (Å²) in [5, 5.41) is 11.3. The molecule has 1 atom stereocenters. The first kappa shape index (κ1) is 21.2. The molecule has 1 aromatic heterocycles. The molecule has 1 aliphatic heterocycles. The summed E-state index contributed by atoms with van der Waals surface area (Å²) in [6.45, 7) is 0. The number of aromatic nitrogens is 1. The Morgan fingerprint density at radius 1 is 1.19 bits per heavy atom. The molecule has 158 valence electrons. The van der Waals surface area contributed by atoms with Gasteiger partial charge in [0.2, 0.25) is 5.91 Å². The van der Waals surface area contributed by atoms with Gasteiger partial charge in [-0.1, -0.05) is 23.2 Å². The molecule has 0 spiro atoms. The Morgan fingerprint density at radius 3 is 2.61 bits per heavy atom. The predicted octanol–water partition coefficient (Wildman–Crippen LogP) is 4.31. The Balaban J connectivity index is 1.53. The number of hydrogen-bond acceptors (Lipinski definition) is 6. The van der Waals surface area contributed by atoms with Crippen LogP contribution in [-0.4, -0.2) is 28.6 Å². The van der Waals surface area contributed by atoms with Crippen LogP contribution >= 0.6 is 34.5 Å². The van der Waals surface area contributed by atoms with Crippen molar-refractivity contribution in [1.29, 1.82) is 0 Å². The summed E-state index contributed by atoms with van der Waals surface area (Å²) in [7, 11) is 0. The highest BCUT2D eigenvalue weighted by atomic mass is 35.5. The SMILES string of the molecule is NC(=O)[C@H]1CC(C(=O)Nc2nc(-c3ccc(Cl)cc3Cl)cs2)=NN1c1ccc(F)cc1. The number of nitrogens with two attached hydrogens (primary N) is 1. The highest BCUT2D eigenvalue weighted by Gasteiger charge is 2.35. The molecular weight excluding hydrogens is 464 g/mol. The van der Waals surface area contributed by atoms with Gasteiger partial charge in [0.25, 0.3) is 5.91 Å². The molecule has 2 heterocycles. The Labute approximate surface area is 190 Å². The molecule has 3 aromatic rings. The van der Waals surface area contributed by atoms with Crippen molar-refractivity contribution in [2.75, 3.05) is 10.3 Å². The third-order valence-electron chi connectivity index (χ3n) is 4.52. The van der Waals surface area contributed by atoms with E-state index in [1.807, 2.05) is 0 Å². The zero-order valence-electron chi connectivity index (χ0n) is 15.7. The molecule has 0 unspecified atom stereocenters. The standard InChI is InChI=1S/C20H14Cl2FN5O2S/c21-10-1-6-13(14(22)7-10)16-9-31-20(25-16)26-19(30)15-8-17(18(24)29)28(27-15)12-4-2-11(23)3-5-12/h1-7,9,17H,8H2,(H2,24,29)(H,25,26,30)/t17-/m1/s1. The number of thiazole rings is 1. The van der Waals surface area contributed by atoms with Crippen LogP contribution in [0.15, 0.2) is 52.9 Å². The van der Waals surface area contributed by atoms with Crippen molar-refractivity contribution < 1.29 is 14.0 Å². The second-order valence-corrected chi connectivity index (χ2v) is 8.31. The lowest BCUT2D eigenvalue weighted by Gasteiger charge is -2.20. The van der Waals surface area contributed by atoms with Crippen LogP contribution in [0.3, 0.4) is 0 Å². The Hall–Kier alpha value is -3.01. The second kappa shape index (κ2) is 8.62. The van der Waals surface area contributed by atoms with Gasteiger partial charge in [0.15, 0.2) is 5.13 Å². The van der Waals surface area contributed by atoms with Crippen LogP contribution in [-0.2, 0) is 9.59 Å². The smallest absolute Gasteiger partial charge is 0.273 e. The fourth-order valence-corrected chi connectivity index (χ4v) is 4.23. The number of nitrogens with one attached hydrogen (secondary N) is 1. The van der Waals surface area contributed by atoms with E-state index in [-0.39, 0.29) is 12.1 Å². The number of benzene rings is 2. The minimum Gasteiger partial charge on any atom is -0.368 e. The van der Waals surface area contributed by atoms with Gasteiger partial charge in [-0.25, -0.2) is 9.37 Å². The molecule has 0 bridgehead atoms. The molecule has 2 aromatic carbocycles. The maximum Gasteiger partial charge on any atom is 0.273 e. The zero-order valence-corrected chi connectivity index (χ0v) is 18.0. The molecular formula is C20H14Cl2FN5O2S. The average Bonchev–Trinajstić information content (AvgIpc) is 3.36. The van der Waals surface area contributed by atoms with Gasteiger partial charge >= 0.3 is 0 Å². The minimum atomic E-state index is -0.856. The van der Waals surface area contributed by atoms with Gasteiger partial charge in [0.1, 0.15) is 17.6 Å². The van der Waals surface area contributed by atoms with Gasteiger partial charge in [0.05, 0.1) is 16.4 Å². The highest BCUT2D eigenvalue weighted by molar-refractivity contribution is 7.14. The van der Waals surface area contributed by atoms with Gasteiger partial charge < -0.3 is 5.73 Å². The molecule has 2 amide bonds. The summed E-state index contributed by atoms with van der Waals surface area (Å²) in [6, 6.07) is 9.58. The van der Waals surface area contributed by atoms with Crippen molar-refractivity contribution in [3.05, 3.63) is 63.7 Å². The molecule has 0 radical (unpaired) electrons. The van der Waals surface area contributed by atoms with Gasteiger partial charge in [0, 0.05) is 22.4 Å². The van der Waals surface area contributed by atoms with Crippen molar-refractivity contribution in [3.63, 3.8) is 0 Å². The maximum absolute atomic E-state index is 13.2. The second-order valence-electron chi connectivity index (χ2n) is 6.61. The van der Waals surface area contributed by atoms with E-state index in [4.69, 9.17) is 28.9 Å². The Morgan fingerprint density at radius 2 is 1.94 bits per heavy atom. The molecule has 0 saturated heterocycles. The number of rotatable bonds is 5. The zero-order chi connectivity index (χ0) is 22.1. The number of anilines is 2. The van der Waals surface area contributed by atoms with E-state index in [1.54, 1.807) is 23.6 Å². The van der Waals surface area contributed by atoms with Crippen LogP contribution in [0.5, 0.6) is 0 Å². The summed E-state index contributed by atoms with van der Waals surface area (Å²) >= 11 is 13.3. The third kappa shape index (κ3) is 4.53. The van der Waals surface area contributed by atoms with E-state index in [0.29, 0.717) is 32.1 Å². The average molecular weight is 478 g/mol. The lowest BCUT2D eigenvalue weighted by molar-refractivity contribution is -0.119. The molecule has 7 nitrogen and oxygen atoms in total. The monoisotopic (exact) mass is 477 g/mol. The molecule has 31 heavy (non-hydrogen) atoms. The van der Waals surface area contributed by atoms with Gasteiger partial charge in [-0.05, 0) is 42.5 Å². The normalized spacial score (nSPS) is 15.6. The first-order valence-corrected chi connectivity index (χ1v) is 10.6. The van der Waals surface area contributed by atoms with Crippen molar-refractivity contribution in [2.24, 2.45) is 10.8 Å². The van der Waals surface area contributed by atoms with Gasteiger partial charge in [-0.15, -0.1) is 11.3 Å². The van der Waals surface area contributed by atoms with Crippen LogP contribution in [0.1, 0.15) is 6.42 Å². The number of amides is 2. The Bertz CT molecular complexity index is 1200. The molecule has 0 saturated carbocycles. The fourth-order valence-electron chi connectivity index (χ4n) is 3.02. The van der Waals surface area contributed by atoms with E-state index in [0.717, 1.165) is 0 Å². The summed E-state index contributed by atoms with van der Waals surface area (Å²) in [5.74, 6) is -1.59. The number of hydrazone groups is 1. The van der Waals surface area contributed by atoms with E-state index in [1.165, 1.54) is 40.6 Å². The van der Waals surface area contributed by atoms with Crippen molar-refractivity contribution in [3.8, 4) is 11.3 Å². The maximum atomic E-state index is 13.2. The number of carbonyl (C=O) groups excluding carboxylic acids is 2. The molecule has 1 aliphatic rings. The lowest BCUT2D eigenvalue weighted by atomic mass is 10.1. The first-order valence-electron chi connectivity index (χ1n) is 8.95. The van der Waals surface area contributed by atoms with E-state index < -0.39 is 23.7 Å². The minimum absolute atomic E-state index is 0.0137. The summed E-state index contributed by atoms with van der Waals surface area (Å²) in [5.41, 5.74) is 7.28. The molecule has 4 rings (SSSR count). The molecule has 0 aliphatic carbocycles. The number of nitrogens with zero attached hydrogens (tertiary/aromatic N) is 3. The van der Waals surface area contributed by atoms with E-state index in [9.17, 15) is 14.0 Å².